The van der Waals surface area contributed by atoms with E-state index in [1.807, 2.05) is 31.4 Å². The number of carbonyl (C=O) groups is 1. The van der Waals surface area contributed by atoms with Crippen LogP contribution >= 0.6 is 23.1 Å². The molecule has 33 heavy (non-hydrogen) atoms. The molecule has 0 fully saturated rings. The maximum absolute atomic E-state index is 12.8. The van der Waals surface area contributed by atoms with E-state index >= 15 is 0 Å². The van der Waals surface area contributed by atoms with Crippen molar-refractivity contribution in [3.63, 3.8) is 0 Å². The SMILES string of the molecule is CCC(Sc1nnc(C(C)Oc2ccc(C(C)C)cc2)n1CC(C)C)C(=O)Nc1nccs1. The molecule has 0 aliphatic rings. The van der Waals surface area contributed by atoms with Gasteiger partial charge in [-0.2, -0.15) is 0 Å². The number of thiazole rings is 1. The Hall–Kier alpha value is -2.39. The minimum atomic E-state index is -0.295. The monoisotopic (exact) mass is 487 g/mol. The normalized spacial score (nSPS) is 13.3. The van der Waals surface area contributed by atoms with Crippen molar-refractivity contribution in [2.24, 2.45) is 5.92 Å². The predicted molar refractivity (Wildman–Crippen MR) is 135 cm³/mol. The quantitative estimate of drug-likeness (QED) is 0.326. The maximum atomic E-state index is 12.8. The average molecular weight is 488 g/mol. The maximum Gasteiger partial charge on any atom is 0.239 e. The lowest BCUT2D eigenvalue weighted by atomic mass is 10.0. The summed E-state index contributed by atoms with van der Waals surface area (Å²) >= 11 is 2.84. The van der Waals surface area contributed by atoms with Gasteiger partial charge in [-0.3, -0.25) is 4.79 Å². The number of amides is 1. The van der Waals surface area contributed by atoms with Crippen LogP contribution in [0.5, 0.6) is 5.75 Å². The Bertz CT molecular complexity index is 1020. The van der Waals surface area contributed by atoms with E-state index in [1.165, 1.54) is 28.7 Å². The summed E-state index contributed by atoms with van der Waals surface area (Å²) in [6, 6.07) is 8.20. The zero-order chi connectivity index (χ0) is 24.0. The molecule has 0 aliphatic carbocycles. The van der Waals surface area contributed by atoms with E-state index in [1.54, 1.807) is 6.20 Å². The molecule has 0 radical (unpaired) electrons. The van der Waals surface area contributed by atoms with Gasteiger partial charge in [-0.05, 0) is 42.9 Å². The Morgan fingerprint density at radius 2 is 1.88 bits per heavy atom. The zero-order valence-corrected chi connectivity index (χ0v) is 21.7. The first kappa shape index (κ1) is 25.2. The molecule has 178 valence electrons. The molecule has 0 saturated carbocycles. The standard InChI is InChI=1S/C24H33N5O2S2/c1-7-20(22(30)26-23-25-12-13-32-23)33-24-28-27-21(29(24)14-15(2)3)17(6)31-19-10-8-18(9-11-19)16(4)5/h8-13,15-17,20H,7,14H2,1-6H3,(H,25,26,30). The number of benzene rings is 1. The van der Waals surface area contributed by atoms with E-state index in [2.05, 4.69) is 64.9 Å². The van der Waals surface area contributed by atoms with Gasteiger partial charge in [0.1, 0.15) is 5.75 Å². The molecule has 1 aromatic carbocycles. The highest BCUT2D eigenvalue weighted by atomic mass is 32.2. The third-order valence-electron chi connectivity index (χ3n) is 5.09. The first-order valence-corrected chi connectivity index (χ1v) is 13.1. The second-order valence-electron chi connectivity index (χ2n) is 8.67. The third-order valence-corrected chi connectivity index (χ3v) is 7.12. The third kappa shape index (κ3) is 6.80. The fourth-order valence-electron chi connectivity index (χ4n) is 3.33. The van der Waals surface area contributed by atoms with Gasteiger partial charge in [0.15, 0.2) is 22.2 Å². The molecule has 0 spiro atoms. The lowest BCUT2D eigenvalue weighted by molar-refractivity contribution is -0.115. The number of hydrogen-bond donors (Lipinski definition) is 1. The van der Waals surface area contributed by atoms with Crippen LogP contribution in [0.3, 0.4) is 0 Å². The summed E-state index contributed by atoms with van der Waals surface area (Å²) in [6.07, 6.45) is 2.07. The molecule has 2 atom stereocenters. The van der Waals surface area contributed by atoms with Crippen molar-refractivity contribution in [3.05, 3.63) is 47.2 Å². The van der Waals surface area contributed by atoms with Gasteiger partial charge in [-0.1, -0.05) is 58.5 Å². The number of nitrogens with one attached hydrogen (secondary N) is 1. The molecule has 0 bridgehead atoms. The molecule has 1 amide bonds. The molecule has 9 heteroatoms. The van der Waals surface area contributed by atoms with Gasteiger partial charge in [0.05, 0.1) is 5.25 Å². The lowest BCUT2D eigenvalue weighted by Gasteiger charge is -2.19. The van der Waals surface area contributed by atoms with Crippen LogP contribution in [-0.4, -0.2) is 30.9 Å². The van der Waals surface area contributed by atoms with Crippen LogP contribution in [0.15, 0.2) is 41.0 Å². The van der Waals surface area contributed by atoms with E-state index in [4.69, 9.17) is 4.74 Å². The Morgan fingerprint density at radius 3 is 2.45 bits per heavy atom. The molecule has 0 saturated heterocycles. The van der Waals surface area contributed by atoms with Crippen molar-refractivity contribution in [1.29, 1.82) is 0 Å². The van der Waals surface area contributed by atoms with Crippen molar-refractivity contribution < 1.29 is 9.53 Å². The van der Waals surface area contributed by atoms with Crippen LogP contribution < -0.4 is 10.1 Å². The summed E-state index contributed by atoms with van der Waals surface area (Å²) in [5.41, 5.74) is 1.28. The second-order valence-corrected chi connectivity index (χ2v) is 10.7. The molecule has 2 aromatic heterocycles. The minimum absolute atomic E-state index is 0.0763. The number of carbonyl (C=O) groups excluding carboxylic acids is 1. The number of ether oxygens (including phenoxy) is 1. The summed E-state index contributed by atoms with van der Waals surface area (Å²) in [4.78, 5) is 16.9. The van der Waals surface area contributed by atoms with Crippen LogP contribution in [0, 0.1) is 5.92 Å². The number of aromatic nitrogens is 4. The highest BCUT2D eigenvalue weighted by molar-refractivity contribution is 8.00. The van der Waals surface area contributed by atoms with Gasteiger partial charge in [0.2, 0.25) is 5.91 Å². The number of hydrogen-bond acceptors (Lipinski definition) is 7. The van der Waals surface area contributed by atoms with Crippen molar-refractivity contribution in [2.75, 3.05) is 5.32 Å². The van der Waals surface area contributed by atoms with Crippen molar-refractivity contribution in [3.8, 4) is 5.75 Å². The summed E-state index contributed by atoms with van der Waals surface area (Å²) < 4.78 is 8.29. The van der Waals surface area contributed by atoms with Gasteiger partial charge >= 0.3 is 0 Å². The van der Waals surface area contributed by atoms with Crippen molar-refractivity contribution in [1.82, 2.24) is 19.7 Å². The summed E-state index contributed by atoms with van der Waals surface area (Å²) in [5, 5.41) is 14.7. The summed E-state index contributed by atoms with van der Waals surface area (Å²) in [5.74, 6) is 2.35. The van der Waals surface area contributed by atoms with E-state index in [0.29, 0.717) is 23.4 Å². The van der Waals surface area contributed by atoms with Crippen LogP contribution in [0.2, 0.25) is 0 Å². The lowest BCUT2D eigenvalue weighted by Crippen LogP contribution is -2.25. The Balaban J connectivity index is 1.77. The molecular weight excluding hydrogens is 454 g/mol. The van der Waals surface area contributed by atoms with Crippen LogP contribution in [0.25, 0.3) is 0 Å². The van der Waals surface area contributed by atoms with Gasteiger partial charge < -0.3 is 14.6 Å². The Labute approximate surface area is 204 Å². The number of nitrogens with zero attached hydrogens (tertiary/aromatic N) is 4. The smallest absolute Gasteiger partial charge is 0.239 e. The second kappa shape index (κ2) is 11.7. The van der Waals surface area contributed by atoms with Crippen molar-refractivity contribution >= 4 is 34.1 Å². The van der Waals surface area contributed by atoms with E-state index in [9.17, 15) is 4.79 Å². The van der Waals surface area contributed by atoms with E-state index in [0.717, 1.165) is 23.3 Å². The van der Waals surface area contributed by atoms with Crippen molar-refractivity contribution in [2.45, 2.75) is 76.9 Å². The zero-order valence-electron chi connectivity index (χ0n) is 20.1. The molecule has 3 rings (SSSR count). The first-order valence-electron chi connectivity index (χ1n) is 11.3. The highest BCUT2D eigenvalue weighted by Crippen LogP contribution is 2.30. The Morgan fingerprint density at radius 1 is 1.15 bits per heavy atom. The average Bonchev–Trinajstić information content (AvgIpc) is 3.42. The van der Waals surface area contributed by atoms with Crippen LogP contribution in [0.4, 0.5) is 5.13 Å². The molecule has 7 nitrogen and oxygen atoms in total. The van der Waals surface area contributed by atoms with Gasteiger partial charge in [-0.25, -0.2) is 4.98 Å². The first-order chi connectivity index (χ1) is 15.8. The van der Waals surface area contributed by atoms with Gasteiger partial charge in [0, 0.05) is 18.1 Å². The largest absolute Gasteiger partial charge is 0.483 e. The fourth-order valence-corrected chi connectivity index (χ4v) is 4.84. The number of rotatable bonds is 11. The fraction of sp³-hybridized carbons (Fsp3) is 0.500. The Kier molecular flexibility index (Phi) is 8.91. The predicted octanol–water partition coefficient (Wildman–Crippen LogP) is 6.16. The van der Waals surface area contributed by atoms with E-state index in [-0.39, 0.29) is 17.3 Å². The summed E-state index contributed by atoms with van der Waals surface area (Å²) in [6.45, 7) is 13.4. The van der Waals surface area contributed by atoms with Gasteiger partial charge in [0.25, 0.3) is 0 Å². The number of thioether (sulfide) groups is 1. The number of anilines is 1. The molecule has 2 heterocycles. The molecule has 0 aliphatic heterocycles. The van der Waals surface area contributed by atoms with Crippen LogP contribution in [0.1, 0.15) is 71.4 Å². The topological polar surface area (TPSA) is 81.9 Å². The van der Waals surface area contributed by atoms with Crippen LogP contribution in [-0.2, 0) is 11.3 Å². The molecule has 3 aromatic rings. The van der Waals surface area contributed by atoms with Gasteiger partial charge in [-0.15, -0.1) is 21.5 Å². The van der Waals surface area contributed by atoms with E-state index < -0.39 is 0 Å². The minimum Gasteiger partial charge on any atom is -0.483 e. The highest BCUT2D eigenvalue weighted by Gasteiger charge is 2.26. The molecular formula is C24H33N5O2S2. The molecule has 2 unspecified atom stereocenters. The molecule has 1 N–H and O–H groups in total. The summed E-state index contributed by atoms with van der Waals surface area (Å²) in [7, 11) is 0.